The van der Waals surface area contributed by atoms with E-state index in [4.69, 9.17) is 0 Å². The highest BCUT2D eigenvalue weighted by atomic mass is 32.2. The number of alkyl halides is 2. The maximum Gasteiger partial charge on any atom is 0.251 e. The van der Waals surface area contributed by atoms with Crippen LogP contribution in [0.15, 0.2) is 24.3 Å². The maximum atomic E-state index is 12.0. The smallest absolute Gasteiger partial charge is 0.251 e. The molecule has 0 spiro atoms. The van der Waals surface area contributed by atoms with Gasteiger partial charge in [0.1, 0.15) is 0 Å². The van der Waals surface area contributed by atoms with Crippen LogP contribution in [0.3, 0.4) is 0 Å². The van der Waals surface area contributed by atoms with E-state index in [0.717, 1.165) is 18.5 Å². The van der Waals surface area contributed by atoms with Gasteiger partial charge in [-0.25, -0.2) is 21.9 Å². The molecule has 0 aliphatic rings. The van der Waals surface area contributed by atoms with Crippen LogP contribution in [0.4, 0.5) is 8.78 Å². The summed E-state index contributed by atoms with van der Waals surface area (Å²) in [5, 5.41) is 3.22. The van der Waals surface area contributed by atoms with Gasteiger partial charge in [-0.1, -0.05) is 31.2 Å². The Morgan fingerprint density at radius 1 is 1.25 bits per heavy atom. The van der Waals surface area contributed by atoms with E-state index in [2.05, 4.69) is 12.2 Å². The summed E-state index contributed by atoms with van der Waals surface area (Å²) in [6.07, 6.45) is -1.67. The van der Waals surface area contributed by atoms with Crippen LogP contribution in [0.2, 0.25) is 0 Å². The van der Waals surface area contributed by atoms with Crippen molar-refractivity contribution in [3.63, 3.8) is 0 Å². The Balaban J connectivity index is 2.60. The van der Waals surface area contributed by atoms with Gasteiger partial charge in [-0.05, 0) is 24.1 Å². The third-order valence-corrected chi connectivity index (χ3v) is 3.88. The molecule has 1 aromatic carbocycles. The quantitative estimate of drug-likeness (QED) is 0.685. The minimum absolute atomic E-state index is 0.290. The van der Waals surface area contributed by atoms with Crippen molar-refractivity contribution in [2.45, 2.75) is 32.1 Å². The largest absolute Gasteiger partial charge is 0.313 e. The molecular weight excluding hydrogens is 286 g/mol. The minimum Gasteiger partial charge on any atom is -0.313 e. The number of hydrogen-bond acceptors (Lipinski definition) is 3. The fraction of sp³-hybridized carbons (Fsp3) is 0.538. The van der Waals surface area contributed by atoms with Crippen LogP contribution in [0.1, 0.15) is 24.5 Å². The minimum atomic E-state index is -3.72. The molecule has 0 aromatic heterocycles. The lowest BCUT2D eigenvalue weighted by Gasteiger charge is -2.08. The van der Waals surface area contributed by atoms with Gasteiger partial charge in [-0.15, -0.1) is 0 Å². The first-order valence-corrected chi connectivity index (χ1v) is 8.12. The summed E-state index contributed by atoms with van der Waals surface area (Å²) in [7, 11) is -3.72. The molecule has 0 unspecified atom stereocenters. The highest BCUT2D eigenvalue weighted by Crippen LogP contribution is 2.09. The van der Waals surface area contributed by atoms with Crippen molar-refractivity contribution >= 4 is 10.0 Å². The van der Waals surface area contributed by atoms with Crippen LogP contribution in [0.25, 0.3) is 0 Å². The molecule has 0 aliphatic carbocycles. The molecule has 7 heteroatoms. The van der Waals surface area contributed by atoms with Crippen LogP contribution >= 0.6 is 0 Å². The van der Waals surface area contributed by atoms with E-state index >= 15 is 0 Å². The topological polar surface area (TPSA) is 58.2 Å². The molecule has 4 nitrogen and oxygen atoms in total. The highest BCUT2D eigenvalue weighted by molar-refractivity contribution is 7.88. The van der Waals surface area contributed by atoms with Gasteiger partial charge in [-0.2, -0.15) is 0 Å². The number of benzene rings is 1. The summed E-state index contributed by atoms with van der Waals surface area (Å²) in [6, 6.07) is 7.10. The van der Waals surface area contributed by atoms with E-state index in [1.165, 1.54) is 0 Å². The van der Waals surface area contributed by atoms with E-state index in [-0.39, 0.29) is 5.75 Å². The summed E-state index contributed by atoms with van der Waals surface area (Å²) in [6.45, 7) is 2.76. The highest BCUT2D eigenvalue weighted by Gasteiger charge is 2.14. The average Bonchev–Trinajstić information content (AvgIpc) is 2.37. The van der Waals surface area contributed by atoms with Crippen molar-refractivity contribution in [3.8, 4) is 0 Å². The van der Waals surface area contributed by atoms with Crippen molar-refractivity contribution in [1.29, 1.82) is 0 Å². The first-order valence-electron chi connectivity index (χ1n) is 6.47. The zero-order valence-electron chi connectivity index (χ0n) is 11.4. The molecule has 2 N–H and O–H groups in total. The van der Waals surface area contributed by atoms with Crippen molar-refractivity contribution in [1.82, 2.24) is 10.0 Å². The molecule has 0 amide bonds. The molecule has 0 radical (unpaired) electrons. The zero-order chi connectivity index (χ0) is 15.0. The van der Waals surface area contributed by atoms with Gasteiger partial charge >= 0.3 is 0 Å². The van der Waals surface area contributed by atoms with E-state index in [9.17, 15) is 17.2 Å². The second-order valence-electron chi connectivity index (χ2n) is 4.50. The third-order valence-electron chi connectivity index (χ3n) is 2.56. The van der Waals surface area contributed by atoms with Gasteiger partial charge in [-0.3, -0.25) is 0 Å². The van der Waals surface area contributed by atoms with E-state index in [1.807, 2.05) is 10.8 Å². The fourth-order valence-electron chi connectivity index (χ4n) is 1.70. The fourth-order valence-corrected chi connectivity index (χ4v) is 2.80. The van der Waals surface area contributed by atoms with Gasteiger partial charge in [0.2, 0.25) is 10.0 Å². The van der Waals surface area contributed by atoms with E-state index in [0.29, 0.717) is 12.1 Å². The standard InChI is InChI=1S/C13H20F2N2O2S/c1-2-6-16-8-11-4-3-5-12(7-11)10-20(18,19)17-9-13(14)15/h3-5,7,13,16-17H,2,6,8-10H2,1H3. The van der Waals surface area contributed by atoms with Crippen LogP contribution in [0, 0.1) is 0 Å². The van der Waals surface area contributed by atoms with Crippen LogP contribution in [0.5, 0.6) is 0 Å². The van der Waals surface area contributed by atoms with Gasteiger partial charge < -0.3 is 5.32 Å². The van der Waals surface area contributed by atoms with Gasteiger partial charge in [0, 0.05) is 6.54 Å². The van der Waals surface area contributed by atoms with Crippen LogP contribution in [-0.2, 0) is 22.3 Å². The molecule has 0 bridgehead atoms. The number of rotatable bonds is 9. The summed E-state index contributed by atoms with van der Waals surface area (Å²) in [5.74, 6) is -0.290. The Morgan fingerprint density at radius 3 is 2.60 bits per heavy atom. The van der Waals surface area contributed by atoms with Crippen LogP contribution in [-0.4, -0.2) is 27.9 Å². The monoisotopic (exact) mass is 306 g/mol. The van der Waals surface area contributed by atoms with Crippen molar-refractivity contribution in [2.75, 3.05) is 13.1 Å². The van der Waals surface area contributed by atoms with Gasteiger partial charge in [0.25, 0.3) is 6.43 Å². The van der Waals surface area contributed by atoms with E-state index in [1.54, 1.807) is 18.2 Å². The number of nitrogens with one attached hydrogen (secondary N) is 2. The van der Waals surface area contributed by atoms with Crippen molar-refractivity contribution in [2.24, 2.45) is 0 Å². The SMILES string of the molecule is CCCNCc1cccc(CS(=O)(=O)NCC(F)F)c1. The summed E-state index contributed by atoms with van der Waals surface area (Å²) >= 11 is 0. The molecule has 0 saturated carbocycles. The second-order valence-corrected chi connectivity index (χ2v) is 6.30. The average molecular weight is 306 g/mol. The third kappa shape index (κ3) is 6.93. The Bertz CT molecular complexity index is 507. The number of sulfonamides is 1. The summed E-state index contributed by atoms with van der Waals surface area (Å²) in [5.41, 5.74) is 1.56. The van der Waals surface area contributed by atoms with Crippen LogP contribution < -0.4 is 10.0 Å². The number of halogens is 2. The Labute approximate surface area is 118 Å². The van der Waals surface area contributed by atoms with E-state index < -0.39 is 23.0 Å². The molecule has 1 aromatic rings. The zero-order valence-corrected chi connectivity index (χ0v) is 12.2. The molecule has 0 aliphatic heterocycles. The molecular formula is C13H20F2N2O2S. The predicted octanol–water partition coefficient (Wildman–Crippen LogP) is 1.87. The Morgan fingerprint density at radius 2 is 1.95 bits per heavy atom. The van der Waals surface area contributed by atoms with Crippen molar-refractivity contribution < 1.29 is 17.2 Å². The molecule has 0 heterocycles. The molecule has 20 heavy (non-hydrogen) atoms. The lowest BCUT2D eigenvalue weighted by Crippen LogP contribution is -2.29. The predicted molar refractivity (Wildman–Crippen MR) is 75.1 cm³/mol. The summed E-state index contributed by atoms with van der Waals surface area (Å²) < 4.78 is 49.1. The summed E-state index contributed by atoms with van der Waals surface area (Å²) in [4.78, 5) is 0. The normalized spacial score (nSPS) is 12.0. The lowest BCUT2D eigenvalue weighted by atomic mass is 10.1. The van der Waals surface area contributed by atoms with Gasteiger partial charge in [0.15, 0.2) is 0 Å². The number of hydrogen-bond donors (Lipinski definition) is 2. The van der Waals surface area contributed by atoms with Gasteiger partial charge in [0.05, 0.1) is 12.3 Å². The Hall–Kier alpha value is -1.05. The lowest BCUT2D eigenvalue weighted by molar-refractivity contribution is 0.153. The molecule has 0 saturated heterocycles. The molecule has 0 fully saturated rings. The van der Waals surface area contributed by atoms with Crippen molar-refractivity contribution in [3.05, 3.63) is 35.4 Å². The molecule has 114 valence electrons. The first-order chi connectivity index (χ1) is 9.43. The second kappa shape index (κ2) is 8.28. The Kier molecular flexibility index (Phi) is 7.04. The molecule has 1 rings (SSSR count). The maximum absolute atomic E-state index is 12.0. The molecule has 0 atom stereocenters. The first kappa shape index (κ1) is 17.0.